The first kappa shape index (κ1) is 17.3. The van der Waals surface area contributed by atoms with Gasteiger partial charge in [0.15, 0.2) is 0 Å². The third-order valence-electron chi connectivity index (χ3n) is 2.55. The lowest BCUT2D eigenvalue weighted by Crippen LogP contribution is -2.12. The minimum absolute atomic E-state index is 0.0200. The zero-order chi connectivity index (χ0) is 15.9. The predicted octanol–water partition coefficient (Wildman–Crippen LogP) is 3.30. The van der Waals surface area contributed by atoms with Crippen LogP contribution >= 0.6 is 0 Å². The van der Waals surface area contributed by atoms with Crippen molar-refractivity contribution >= 4 is 5.97 Å². The van der Waals surface area contributed by atoms with Gasteiger partial charge in [0.2, 0.25) is 0 Å². The van der Waals surface area contributed by atoms with E-state index in [0.717, 1.165) is 18.2 Å². The van der Waals surface area contributed by atoms with Gasteiger partial charge < -0.3 is 14.2 Å². The molecule has 0 heterocycles. The van der Waals surface area contributed by atoms with Crippen molar-refractivity contribution in [2.45, 2.75) is 19.5 Å². The first-order valence-electron chi connectivity index (χ1n) is 6.40. The second-order valence-corrected chi connectivity index (χ2v) is 4.12. The monoisotopic (exact) mass is 306 g/mol. The summed E-state index contributed by atoms with van der Waals surface area (Å²) < 4.78 is 53.3. The molecular formula is C14H17F3O4. The average molecular weight is 306 g/mol. The van der Waals surface area contributed by atoms with Crippen LogP contribution in [-0.4, -0.2) is 32.9 Å². The van der Waals surface area contributed by atoms with Crippen molar-refractivity contribution in [1.29, 1.82) is 0 Å². The molecule has 0 amide bonds. The average Bonchev–Trinajstić information content (AvgIpc) is 2.42. The minimum atomic E-state index is -4.55. The van der Waals surface area contributed by atoms with Gasteiger partial charge in [-0.05, 0) is 25.1 Å². The molecule has 0 bridgehead atoms. The Morgan fingerprint density at radius 1 is 1.24 bits per heavy atom. The van der Waals surface area contributed by atoms with Crippen molar-refractivity contribution in [3.63, 3.8) is 0 Å². The summed E-state index contributed by atoms with van der Waals surface area (Å²) in [6.45, 7) is 2.19. The highest BCUT2D eigenvalue weighted by Gasteiger charge is 2.34. The summed E-state index contributed by atoms with van der Waals surface area (Å²) in [5, 5.41) is 0. The third kappa shape index (κ3) is 5.26. The quantitative estimate of drug-likeness (QED) is 0.573. The summed E-state index contributed by atoms with van der Waals surface area (Å²) in [5.41, 5.74) is -0.903. The molecule has 7 heteroatoms. The van der Waals surface area contributed by atoms with Crippen molar-refractivity contribution in [2.75, 3.05) is 26.9 Å². The second kappa shape index (κ2) is 7.87. The number of ether oxygens (including phenoxy) is 3. The number of halogens is 3. The van der Waals surface area contributed by atoms with Crippen LogP contribution in [0.4, 0.5) is 13.2 Å². The maximum Gasteiger partial charge on any atom is 0.419 e. The zero-order valence-electron chi connectivity index (χ0n) is 11.8. The lowest BCUT2D eigenvalue weighted by Gasteiger charge is -2.15. The fraction of sp³-hybridized carbons (Fsp3) is 0.500. The summed E-state index contributed by atoms with van der Waals surface area (Å²) >= 11 is 0. The lowest BCUT2D eigenvalue weighted by molar-refractivity contribution is -0.139. The van der Waals surface area contributed by atoms with Gasteiger partial charge >= 0.3 is 12.1 Å². The maximum atomic E-state index is 12.9. The van der Waals surface area contributed by atoms with Crippen LogP contribution in [0.1, 0.15) is 29.3 Å². The van der Waals surface area contributed by atoms with E-state index in [-0.39, 0.29) is 24.5 Å². The number of alkyl halides is 3. The Labute approximate surface area is 120 Å². The van der Waals surface area contributed by atoms with Crippen LogP contribution in [0.15, 0.2) is 18.2 Å². The third-order valence-corrected chi connectivity index (χ3v) is 2.55. The lowest BCUT2D eigenvalue weighted by atomic mass is 10.1. The molecule has 0 aliphatic rings. The Morgan fingerprint density at radius 2 is 1.95 bits per heavy atom. The highest BCUT2D eigenvalue weighted by molar-refractivity contribution is 5.90. The van der Waals surface area contributed by atoms with Gasteiger partial charge in [-0.3, -0.25) is 0 Å². The molecule has 0 spiro atoms. The normalized spacial score (nSPS) is 11.3. The van der Waals surface area contributed by atoms with Gasteiger partial charge in [0.1, 0.15) is 5.75 Å². The largest absolute Gasteiger partial charge is 0.493 e. The number of carbonyl (C=O) groups is 1. The smallest absolute Gasteiger partial charge is 0.419 e. The molecule has 21 heavy (non-hydrogen) atoms. The summed E-state index contributed by atoms with van der Waals surface area (Å²) in [7, 11) is 1.49. The van der Waals surface area contributed by atoms with E-state index in [1.54, 1.807) is 6.92 Å². The molecule has 0 saturated carbocycles. The van der Waals surface area contributed by atoms with Gasteiger partial charge in [0.05, 0.1) is 24.3 Å². The van der Waals surface area contributed by atoms with Crippen molar-refractivity contribution in [3.05, 3.63) is 29.3 Å². The molecule has 4 nitrogen and oxygen atoms in total. The molecular weight excluding hydrogens is 289 g/mol. The predicted molar refractivity (Wildman–Crippen MR) is 69.4 cm³/mol. The molecule has 1 aromatic carbocycles. The van der Waals surface area contributed by atoms with Gasteiger partial charge in [-0.2, -0.15) is 13.2 Å². The van der Waals surface area contributed by atoms with E-state index >= 15 is 0 Å². The standard InChI is InChI=1S/C14H17F3O4/c1-3-20-13(18)10-5-6-11(14(15,16)17)12(9-10)21-8-4-7-19-2/h5-6,9H,3-4,7-8H2,1-2H3. The molecule has 0 unspecified atom stereocenters. The SMILES string of the molecule is CCOC(=O)c1ccc(C(F)(F)F)c(OCCCOC)c1. The van der Waals surface area contributed by atoms with Crippen molar-refractivity contribution in [3.8, 4) is 5.75 Å². The fourth-order valence-corrected chi connectivity index (χ4v) is 1.60. The van der Waals surface area contributed by atoms with Crippen LogP contribution in [-0.2, 0) is 15.7 Å². The molecule has 0 aromatic heterocycles. The Kier molecular flexibility index (Phi) is 6.48. The number of carbonyl (C=O) groups excluding carboxylic acids is 1. The highest BCUT2D eigenvalue weighted by Crippen LogP contribution is 2.36. The molecule has 0 fully saturated rings. The molecule has 0 aliphatic heterocycles. The van der Waals surface area contributed by atoms with Gasteiger partial charge in [0.25, 0.3) is 0 Å². The Bertz CT molecular complexity index is 472. The van der Waals surface area contributed by atoms with Gasteiger partial charge in [-0.1, -0.05) is 0 Å². The highest BCUT2D eigenvalue weighted by atomic mass is 19.4. The number of methoxy groups -OCH3 is 1. The van der Waals surface area contributed by atoms with E-state index in [4.69, 9.17) is 14.2 Å². The van der Waals surface area contributed by atoms with Crippen molar-refractivity contribution in [1.82, 2.24) is 0 Å². The fourth-order valence-electron chi connectivity index (χ4n) is 1.60. The summed E-state index contributed by atoms with van der Waals surface area (Å²) in [4.78, 5) is 11.6. The van der Waals surface area contributed by atoms with Crippen LogP contribution in [0, 0.1) is 0 Å². The van der Waals surface area contributed by atoms with Crippen LogP contribution in [0.5, 0.6) is 5.75 Å². The summed E-state index contributed by atoms with van der Waals surface area (Å²) in [6.07, 6.45) is -4.11. The molecule has 0 saturated heterocycles. The van der Waals surface area contributed by atoms with E-state index in [0.29, 0.717) is 13.0 Å². The molecule has 0 atom stereocenters. The first-order chi connectivity index (χ1) is 9.90. The minimum Gasteiger partial charge on any atom is -0.493 e. The van der Waals surface area contributed by atoms with Gasteiger partial charge in [-0.25, -0.2) is 4.79 Å². The number of esters is 1. The topological polar surface area (TPSA) is 44.8 Å². The van der Waals surface area contributed by atoms with Crippen molar-refractivity contribution in [2.24, 2.45) is 0 Å². The Morgan fingerprint density at radius 3 is 2.52 bits per heavy atom. The van der Waals surface area contributed by atoms with Crippen LogP contribution in [0.2, 0.25) is 0 Å². The van der Waals surface area contributed by atoms with Gasteiger partial charge in [0, 0.05) is 20.1 Å². The molecule has 1 rings (SSSR count). The Hall–Kier alpha value is -1.76. The van der Waals surface area contributed by atoms with E-state index in [1.807, 2.05) is 0 Å². The number of hydrogen-bond donors (Lipinski definition) is 0. The van der Waals surface area contributed by atoms with Crippen LogP contribution in [0.25, 0.3) is 0 Å². The van der Waals surface area contributed by atoms with Gasteiger partial charge in [-0.15, -0.1) is 0 Å². The Balaban J connectivity index is 2.96. The van der Waals surface area contributed by atoms with E-state index < -0.39 is 17.7 Å². The van der Waals surface area contributed by atoms with E-state index in [2.05, 4.69) is 0 Å². The van der Waals surface area contributed by atoms with Crippen LogP contribution < -0.4 is 4.74 Å². The maximum absolute atomic E-state index is 12.9. The molecule has 118 valence electrons. The summed E-state index contributed by atoms with van der Waals surface area (Å²) in [6, 6.07) is 2.94. The van der Waals surface area contributed by atoms with E-state index in [9.17, 15) is 18.0 Å². The molecule has 0 aliphatic carbocycles. The van der Waals surface area contributed by atoms with Crippen molar-refractivity contribution < 1.29 is 32.2 Å². The zero-order valence-corrected chi connectivity index (χ0v) is 11.8. The van der Waals surface area contributed by atoms with E-state index in [1.165, 1.54) is 7.11 Å². The summed E-state index contributed by atoms with van der Waals surface area (Å²) in [5.74, 6) is -1.07. The van der Waals surface area contributed by atoms with Crippen LogP contribution in [0.3, 0.4) is 0 Å². The second-order valence-electron chi connectivity index (χ2n) is 4.12. The first-order valence-corrected chi connectivity index (χ1v) is 6.40. The number of rotatable bonds is 7. The molecule has 0 N–H and O–H groups in total. The number of benzene rings is 1. The molecule has 1 aromatic rings. The molecule has 0 radical (unpaired) electrons. The number of hydrogen-bond acceptors (Lipinski definition) is 4.